The highest BCUT2D eigenvalue weighted by Gasteiger charge is 2.20. The number of hydrogen-bond acceptors (Lipinski definition) is 4. The zero-order valence-corrected chi connectivity index (χ0v) is 16.0. The summed E-state index contributed by atoms with van der Waals surface area (Å²) in [6.45, 7) is 10.3. The fraction of sp³-hybridized carbons (Fsp3) is 0.650. The molecule has 2 unspecified atom stereocenters. The lowest BCUT2D eigenvalue weighted by Gasteiger charge is -2.34. The molecule has 0 aliphatic carbocycles. The quantitative estimate of drug-likeness (QED) is 0.480. The number of hydrogen-bond donors (Lipinski definition) is 2. The molecule has 0 radical (unpaired) electrons. The van der Waals surface area contributed by atoms with Gasteiger partial charge < -0.3 is 25.4 Å². The number of ether oxygens (including phenoxy) is 2. The third-order valence-electron chi connectivity index (χ3n) is 4.88. The number of anilines is 1. The van der Waals surface area contributed by atoms with E-state index in [-0.39, 0.29) is 0 Å². The summed E-state index contributed by atoms with van der Waals surface area (Å²) in [5.41, 5.74) is 6.90. The number of guanidine groups is 1. The van der Waals surface area contributed by atoms with Crippen molar-refractivity contribution in [2.24, 2.45) is 22.6 Å². The van der Waals surface area contributed by atoms with Crippen LogP contribution in [0.1, 0.15) is 33.1 Å². The fourth-order valence-electron chi connectivity index (χ4n) is 3.90. The predicted molar refractivity (Wildman–Crippen MR) is 106 cm³/mol. The Morgan fingerprint density at radius 3 is 2.69 bits per heavy atom. The van der Waals surface area contributed by atoms with Gasteiger partial charge in [-0.15, -0.1) is 0 Å². The van der Waals surface area contributed by atoms with Gasteiger partial charge in [-0.1, -0.05) is 13.8 Å². The SMILES string of the molecule is CC1CC(C)CN(CCCN=C(N)Nc2ccc3c(c2)OCCCO3)C1. The molecule has 3 N–H and O–H groups in total. The molecule has 6 heteroatoms. The molecule has 26 heavy (non-hydrogen) atoms. The van der Waals surface area contributed by atoms with Crippen LogP contribution in [-0.4, -0.2) is 50.3 Å². The molecule has 1 aromatic rings. The van der Waals surface area contributed by atoms with Gasteiger partial charge in [0.25, 0.3) is 0 Å². The van der Waals surface area contributed by atoms with Crippen LogP contribution in [0.5, 0.6) is 11.5 Å². The molecular weight excluding hydrogens is 328 g/mol. The fourth-order valence-corrected chi connectivity index (χ4v) is 3.90. The van der Waals surface area contributed by atoms with Crippen molar-refractivity contribution in [2.45, 2.75) is 33.1 Å². The largest absolute Gasteiger partial charge is 0.490 e. The van der Waals surface area contributed by atoms with E-state index in [9.17, 15) is 0 Å². The van der Waals surface area contributed by atoms with Crippen molar-refractivity contribution >= 4 is 11.6 Å². The Morgan fingerprint density at radius 2 is 1.92 bits per heavy atom. The highest BCUT2D eigenvalue weighted by Crippen LogP contribution is 2.32. The number of nitrogens with one attached hydrogen (secondary N) is 1. The minimum absolute atomic E-state index is 0.444. The summed E-state index contributed by atoms with van der Waals surface area (Å²) in [5.74, 6) is 3.59. The lowest BCUT2D eigenvalue weighted by atomic mass is 9.92. The third kappa shape index (κ3) is 5.53. The zero-order chi connectivity index (χ0) is 18.4. The van der Waals surface area contributed by atoms with E-state index in [1.165, 1.54) is 19.5 Å². The molecule has 0 saturated carbocycles. The Bertz CT molecular complexity index is 610. The van der Waals surface area contributed by atoms with E-state index in [4.69, 9.17) is 15.2 Å². The van der Waals surface area contributed by atoms with Crippen LogP contribution in [0.4, 0.5) is 5.69 Å². The van der Waals surface area contributed by atoms with E-state index in [1.807, 2.05) is 18.2 Å². The number of nitrogens with two attached hydrogens (primary N) is 1. The Labute approximate surface area is 156 Å². The van der Waals surface area contributed by atoms with Crippen molar-refractivity contribution in [3.8, 4) is 11.5 Å². The van der Waals surface area contributed by atoms with Crippen LogP contribution in [-0.2, 0) is 0 Å². The van der Waals surface area contributed by atoms with Gasteiger partial charge in [-0.05, 0) is 43.4 Å². The number of likely N-dealkylation sites (tertiary alicyclic amines) is 1. The normalized spacial score (nSPS) is 24.2. The summed E-state index contributed by atoms with van der Waals surface area (Å²) in [5, 5.41) is 3.14. The van der Waals surface area contributed by atoms with Gasteiger partial charge in [-0.2, -0.15) is 0 Å². The van der Waals surface area contributed by atoms with Gasteiger partial charge in [0.05, 0.1) is 13.2 Å². The third-order valence-corrected chi connectivity index (χ3v) is 4.88. The van der Waals surface area contributed by atoms with Crippen molar-refractivity contribution in [2.75, 3.05) is 44.7 Å². The van der Waals surface area contributed by atoms with Crippen molar-refractivity contribution in [1.82, 2.24) is 4.90 Å². The van der Waals surface area contributed by atoms with Crippen LogP contribution in [0.2, 0.25) is 0 Å². The smallest absolute Gasteiger partial charge is 0.193 e. The van der Waals surface area contributed by atoms with Gasteiger partial charge in [0.15, 0.2) is 17.5 Å². The van der Waals surface area contributed by atoms with E-state index in [0.29, 0.717) is 19.2 Å². The summed E-state index contributed by atoms with van der Waals surface area (Å²) < 4.78 is 11.3. The minimum atomic E-state index is 0.444. The summed E-state index contributed by atoms with van der Waals surface area (Å²) in [7, 11) is 0. The second-order valence-corrected chi connectivity index (χ2v) is 7.66. The van der Waals surface area contributed by atoms with E-state index in [1.54, 1.807) is 0 Å². The summed E-state index contributed by atoms with van der Waals surface area (Å²) >= 11 is 0. The average molecular weight is 361 g/mol. The molecule has 1 fully saturated rings. The Hall–Kier alpha value is -1.95. The van der Waals surface area contributed by atoms with Crippen LogP contribution in [0.15, 0.2) is 23.2 Å². The van der Waals surface area contributed by atoms with Crippen LogP contribution >= 0.6 is 0 Å². The summed E-state index contributed by atoms with van der Waals surface area (Å²) in [6.07, 6.45) is 3.28. The second kappa shape index (κ2) is 9.12. The summed E-state index contributed by atoms with van der Waals surface area (Å²) in [6, 6.07) is 5.76. The Morgan fingerprint density at radius 1 is 1.19 bits per heavy atom. The highest BCUT2D eigenvalue weighted by molar-refractivity contribution is 5.92. The number of fused-ring (bicyclic) bond motifs is 1. The topological polar surface area (TPSA) is 72.1 Å². The summed E-state index contributed by atoms with van der Waals surface area (Å²) in [4.78, 5) is 7.01. The average Bonchev–Trinajstić information content (AvgIpc) is 2.83. The minimum Gasteiger partial charge on any atom is -0.490 e. The Balaban J connectivity index is 1.44. The molecule has 0 spiro atoms. The zero-order valence-electron chi connectivity index (χ0n) is 16.0. The van der Waals surface area contributed by atoms with Gasteiger partial charge in [0.1, 0.15) is 0 Å². The van der Waals surface area contributed by atoms with Crippen molar-refractivity contribution in [1.29, 1.82) is 0 Å². The molecule has 1 aromatic carbocycles. The van der Waals surface area contributed by atoms with E-state index >= 15 is 0 Å². The molecule has 1 saturated heterocycles. The molecule has 144 valence electrons. The first-order valence-electron chi connectivity index (χ1n) is 9.79. The molecule has 0 bridgehead atoms. The van der Waals surface area contributed by atoms with Gasteiger partial charge in [0.2, 0.25) is 0 Å². The van der Waals surface area contributed by atoms with Gasteiger partial charge in [-0.3, -0.25) is 4.99 Å². The first-order valence-corrected chi connectivity index (χ1v) is 9.79. The van der Waals surface area contributed by atoms with Gasteiger partial charge in [0, 0.05) is 37.8 Å². The molecule has 2 heterocycles. The number of nitrogens with zero attached hydrogens (tertiary/aromatic N) is 2. The molecule has 2 aliphatic heterocycles. The molecule has 6 nitrogen and oxygen atoms in total. The molecule has 0 aromatic heterocycles. The van der Waals surface area contributed by atoms with Crippen molar-refractivity contribution < 1.29 is 9.47 Å². The van der Waals surface area contributed by atoms with E-state index in [2.05, 4.69) is 29.1 Å². The first kappa shape index (κ1) is 18.8. The predicted octanol–water partition coefficient (Wildman–Crippen LogP) is 2.94. The molecule has 2 aliphatic rings. The van der Waals surface area contributed by atoms with E-state index < -0.39 is 0 Å². The maximum Gasteiger partial charge on any atom is 0.193 e. The number of piperidine rings is 1. The lowest BCUT2D eigenvalue weighted by Crippen LogP contribution is -2.39. The molecule has 0 amide bonds. The maximum absolute atomic E-state index is 6.03. The van der Waals surface area contributed by atoms with Crippen molar-refractivity contribution in [3.05, 3.63) is 18.2 Å². The monoisotopic (exact) mass is 360 g/mol. The first-order chi connectivity index (χ1) is 12.6. The number of aliphatic imine (C=N–C) groups is 1. The maximum atomic E-state index is 6.03. The van der Waals surface area contributed by atoms with E-state index in [0.717, 1.165) is 55.0 Å². The lowest BCUT2D eigenvalue weighted by molar-refractivity contribution is 0.140. The van der Waals surface area contributed by atoms with Gasteiger partial charge >= 0.3 is 0 Å². The number of rotatable bonds is 5. The second-order valence-electron chi connectivity index (χ2n) is 7.66. The van der Waals surface area contributed by atoms with Crippen LogP contribution in [0.3, 0.4) is 0 Å². The standard InChI is InChI=1S/C20H32N4O2/c1-15-11-16(2)14-24(13-15)8-3-7-22-20(21)23-17-5-6-18-19(12-17)26-10-4-9-25-18/h5-6,12,15-16H,3-4,7-11,13-14H2,1-2H3,(H3,21,22,23). The molecule has 2 atom stereocenters. The molecule has 3 rings (SSSR count). The highest BCUT2D eigenvalue weighted by atomic mass is 16.5. The molecular formula is C20H32N4O2. The van der Waals surface area contributed by atoms with Gasteiger partial charge in [-0.25, -0.2) is 0 Å². The van der Waals surface area contributed by atoms with Crippen LogP contribution in [0, 0.1) is 11.8 Å². The number of benzene rings is 1. The van der Waals surface area contributed by atoms with Crippen LogP contribution in [0.25, 0.3) is 0 Å². The Kier molecular flexibility index (Phi) is 6.61. The van der Waals surface area contributed by atoms with Crippen molar-refractivity contribution in [3.63, 3.8) is 0 Å². The van der Waals surface area contributed by atoms with Crippen LogP contribution < -0.4 is 20.5 Å².